The lowest BCUT2D eigenvalue weighted by Gasteiger charge is -2.11. The Hall–Kier alpha value is -3.92. The maximum Gasteiger partial charge on any atom is 0.339 e. The third-order valence-corrected chi connectivity index (χ3v) is 6.42. The summed E-state index contributed by atoms with van der Waals surface area (Å²) >= 11 is 0. The maximum atomic E-state index is 12.4. The minimum absolute atomic E-state index is 0.0772. The summed E-state index contributed by atoms with van der Waals surface area (Å²) in [5.41, 5.74) is 3.48. The van der Waals surface area contributed by atoms with Crippen LogP contribution in [0.2, 0.25) is 0 Å². The van der Waals surface area contributed by atoms with Crippen molar-refractivity contribution in [3.63, 3.8) is 0 Å². The van der Waals surface area contributed by atoms with Gasteiger partial charge >= 0.3 is 16.1 Å². The van der Waals surface area contributed by atoms with Gasteiger partial charge in [-0.15, -0.1) is 5.10 Å². The van der Waals surface area contributed by atoms with E-state index in [9.17, 15) is 13.5 Å². The lowest BCUT2D eigenvalue weighted by Crippen LogP contribution is -2.09. The van der Waals surface area contributed by atoms with E-state index in [-0.39, 0.29) is 28.3 Å². The molecule has 170 valence electrons. The van der Waals surface area contributed by atoms with Crippen molar-refractivity contribution in [3.05, 3.63) is 70.9 Å². The molecule has 0 saturated carbocycles. The number of hydrogen-bond donors (Lipinski definition) is 2. The largest absolute Gasteiger partial charge is 0.506 e. The average Bonchev–Trinajstić information content (AvgIpc) is 3.25. The summed E-state index contributed by atoms with van der Waals surface area (Å²) in [6, 6.07) is 12.8. The quantitative estimate of drug-likeness (QED) is 0.392. The second kappa shape index (κ2) is 8.55. The van der Waals surface area contributed by atoms with E-state index in [0.29, 0.717) is 22.6 Å². The highest BCUT2D eigenvalue weighted by Gasteiger charge is 2.18. The molecular weight excluding hydrogens is 444 g/mol. The molecule has 0 saturated heterocycles. The third-order valence-electron chi connectivity index (χ3n) is 5.16. The first-order valence-corrected chi connectivity index (χ1v) is 11.4. The highest BCUT2D eigenvalue weighted by molar-refractivity contribution is 7.87. The van der Waals surface area contributed by atoms with Gasteiger partial charge in [0.2, 0.25) is 5.89 Å². The zero-order valence-corrected chi connectivity index (χ0v) is 19.3. The molecule has 0 unspecified atom stereocenters. The molecule has 4 rings (SSSR count). The Morgan fingerprint density at radius 2 is 1.58 bits per heavy atom. The van der Waals surface area contributed by atoms with Crippen LogP contribution in [0, 0.1) is 27.7 Å². The number of rotatable bonds is 6. The summed E-state index contributed by atoms with van der Waals surface area (Å²) in [4.78, 5) is 4.40. The number of aromatic nitrogens is 3. The first-order chi connectivity index (χ1) is 15.6. The van der Waals surface area contributed by atoms with Gasteiger partial charge in [-0.2, -0.15) is 8.42 Å². The predicted octanol–water partition coefficient (Wildman–Crippen LogP) is 4.58. The van der Waals surface area contributed by atoms with Crippen molar-refractivity contribution < 1.29 is 22.1 Å². The summed E-state index contributed by atoms with van der Waals surface area (Å²) in [5, 5.41) is 21.0. The van der Waals surface area contributed by atoms with E-state index in [1.165, 1.54) is 24.3 Å². The molecule has 0 amide bonds. The first-order valence-electron chi connectivity index (χ1n) is 10.0. The van der Waals surface area contributed by atoms with Gasteiger partial charge in [0.05, 0.1) is 5.69 Å². The molecule has 0 atom stereocenters. The number of aromatic hydroxyl groups is 1. The van der Waals surface area contributed by atoms with Crippen LogP contribution in [-0.2, 0) is 10.1 Å². The molecule has 0 aliphatic rings. The molecule has 0 radical (unpaired) electrons. The molecule has 0 aliphatic carbocycles. The van der Waals surface area contributed by atoms with Gasteiger partial charge in [0.15, 0.2) is 0 Å². The summed E-state index contributed by atoms with van der Waals surface area (Å²) in [6.45, 7) is 7.20. The van der Waals surface area contributed by atoms with E-state index in [2.05, 4.69) is 20.5 Å². The Morgan fingerprint density at radius 3 is 2.24 bits per heavy atom. The van der Waals surface area contributed by atoms with Crippen molar-refractivity contribution in [1.82, 2.24) is 15.2 Å². The number of nitrogens with one attached hydrogen (secondary N) is 1. The number of benzene rings is 2. The molecule has 0 fully saturated rings. The average molecular weight is 467 g/mol. The van der Waals surface area contributed by atoms with E-state index >= 15 is 0 Å². The molecule has 2 heterocycles. The Balaban J connectivity index is 1.50. The van der Waals surface area contributed by atoms with Crippen LogP contribution in [0.15, 0.2) is 57.8 Å². The lowest BCUT2D eigenvalue weighted by atomic mass is 10.1. The highest BCUT2D eigenvalue weighted by Crippen LogP contribution is 2.30. The fourth-order valence-electron chi connectivity index (χ4n) is 3.08. The fraction of sp³-hybridized carbons (Fsp3) is 0.174. The molecule has 2 aromatic heterocycles. The smallest absolute Gasteiger partial charge is 0.339 e. The SMILES string of the molecule is Cc1ccc(S(=O)(=O)Oc2ccc(-c3nnc(Nc4nc(C)c(O)c(C)c4C)o3)cc2)cc1. The van der Waals surface area contributed by atoms with Gasteiger partial charge in [-0.25, -0.2) is 4.98 Å². The minimum Gasteiger partial charge on any atom is -0.506 e. The van der Waals surface area contributed by atoms with Gasteiger partial charge in [-0.1, -0.05) is 22.8 Å². The fourth-order valence-corrected chi connectivity index (χ4v) is 4.01. The van der Waals surface area contributed by atoms with Crippen LogP contribution in [-0.4, -0.2) is 28.7 Å². The molecule has 0 aliphatic heterocycles. The predicted molar refractivity (Wildman–Crippen MR) is 122 cm³/mol. The van der Waals surface area contributed by atoms with Crippen molar-refractivity contribution >= 4 is 22.0 Å². The summed E-state index contributed by atoms with van der Waals surface area (Å²) in [5.74, 6) is 1.04. The molecule has 0 bridgehead atoms. The second-order valence-corrected chi connectivity index (χ2v) is 9.10. The highest BCUT2D eigenvalue weighted by atomic mass is 32.2. The van der Waals surface area contributed by atoms with E-state index in [1.54, 1.807) is 38.1 Å². The summed E-state index contributed by atoms with van der Waals surface area (Å²) in [6.07, 6.45) is 0. The van der Waals surface area contributed by atoms with E-state index < -0.39 is 10.1 Å². The minimum atomic E-state index is -3.94. The van der Waals surface area contributed by atoms with Crippen LogP contribution >= 0.6 is 0 Å². The monoisotopic (exact) mass is 466 g/mol. The van der Waals surface area contributed by atoms with Crippen LogP contribution in [0.25, 0.3) is 11.5 Å². The van der Waals surface area contributed by atoms with Crippen LogP contribution in [0.5, 0.6) is 11.5 Å². The van der Waals surface area contributed by atoms with Crippen LogP contribution in [0.1, 0.15) is 22.4 Å². The second-order valence-electron chi connectivity index (χ2n) is 7.56. The standard InChI is InChI=1S/C23H22N4O5S/c1-13-5-11-19(12-6-13)33(29,30)32-18-9-7-17(8-10-18)22-26-27-23(31-22)25-21-15(3)14(2)20(28)16(4)24-21/h5-12,28H,1-4H3,(H,24,25,27). The zero-order chi connectivity index (χ0) is 23.8. The van der Waals surface area contributed by atoms with Gasteiger partial charge in [-0.3, -0.25) is 5.32 Å². The Labute approximate surface area is 191 Å². The molecule has 2 N–H and O–H groups in total. The van der Waals surface area contributed by atoms with Crippen molar-refractivity contribution in [2.45, 2.75) is 32.6 Å². The molecule has 2 aromatic carbocycles. The first kappa shape index (κ1) is 22.3. The van der Waals surface area contributed by atoms with E-state index in [4.69, 9.17) is 8.60 Å². The number of anilines is 2. The van der Waals surface area contributed by atoms with Gasteiger partial charge in [0.1, 0.15) is 22.2 Å². The Morgan fingerprint density at radius 1 is 0.909 bits per heavy atom. The van der Waals surface area contributed by atoms with Crippen LogP contribution in [0.4, 0.5) is 11.8 Å². The molecule has 0 spiro atoms. The van der Waals surface area contributed by atoms with Crippen LogP contribution in [0.3, 0.4) is 0 Å². The summed E-state index contributed by atoms with van der Waals surface area (Å²) < 4.78 is 35.8. The molecular formula is C23H22N4O5S. The number of nitrogens with zero attached hydrogens (tertiary/aromatic N) is 3. The topological polar surface area (TPSA) is 127 Å². The number of aryl methyl sites for hydroxylation is 2. The molecule has 9 nitrogen and oxygen atoms in total. The Kier molecular flexibility index (Phi) is 5.77. The lowest BCUT2D eigenvalue weighted by molar-refractivity contribution is 0.463. The van der Waals surface area contributed by atoms with Crippen LogP contribution < -0.4 is 9.50 Å². The van der Waals surface area contributed by atoms with Gasteiger partial charge in [0, 0.05) is 5.56 Å². The normalized spacial score (nSPS) is 11.4. The van der Waals surface area contributed by atoms with Crippen molar-refractivity contribution in [2.75, 3.05) is 5.32 Å². The number of pyridine rings is 1. The Bertz CT molecular complexity index is 1410. The van der Waals surface area contributed by atoms with E-state index in [1.807, 2.05) is 13.8 Å². The van der Waals surface area contributed by atoms with Crippen molar-refractivity contribution in [2.24, 2.45) is 0 Å². The van der Waals surface area contributed by atoms with Crippen molar-refractivity contribution in [1.29, 1.82) is 0 Å². The number of hydrogen-bond acceptors (Lipinski definition) is 9. The third kappa shape index (κ3) is 4.65. The van der Waals surface area contributed by atoms with Crippen molar-refractivity contribution in [3.8, 4) is 23.0 Å². The maximum absolute atomic E-state index is 12.4. The van der Waals surface area contributed by atoms with Gasteiger partial charge < -0.3 is 13.7 Å². The molecule has 4 aromatic rings. The van der Waals surface area contributed by atoms with E-state index in [0.717, 1.165) is 11.1 Å². The van der Waals surface area contributed by atoms with Gasteiger partial charge in [0.25, 0.3) is 0 Å². The molecule has 33 heavy (non-hydrogen) atoms. The zero-order valence-electron chi connectivity index (χ0n) is 18.4. The molecule has 10 heteroatoms. The summed E-state index contributed by atoms with van der Waals surface area (Å²) in [7, 11) is -3.94. The van der Waals surface area contributed by atoms with Gasteiger partial charge in [-0.05, 0) is 75.2 Å².